The van der Waals surface area contributed by atoms with E-state index in [-0.39, 0.29) is 0 Å². The third kappa shape index (κ3) is 3.96. The molecule has 1 saturated heterocycles. The number of rotatable bonds is 7. The summed E-state index contributed by atoms with van der Waals surface area (Å²) in [5.41, 5.74) is 1.25. The predicted molar refractivity (Wildman–Crippen MR) is 68.3 cm³/mol. The average molecular weight is 254 g/mol. The van der Waals surface area contributed by atoms with Crippen LogP contribution in [0.4, 0.5) is 0 Å². The maximum atomic E-state index is 5.18. The van der Waals surface area contributed by atoms with Crippen LogP contribution in [0.2, 0.25) is 0 Å². The number of hydrogen-bond donors (Lipinski definition) is 1. The molecule has 0 saturated carbocycles. The zero-order chi connectivity index (χ0) is 11.9. The summed E-state index contributed by atoms with van der Waals surface area (Å²) >= 11 is 1.81. The van der Waals surface area contributed by atoms with Gasteiger partial charge in [0.25, 0.3) is 0 Å². The fourth-order valence-electron chi connectivity index (χ4n) is 1.50. The Balaban J connectivity index is 1.85. The molecule has 0 radical (unpaired) electrons. The Bertz CT molecular complexity index is 345. The average Bonchev–Trinajstić information content (AvgIpc) is 2.31. The molecule has 0 amide bonds. The minimum atomic E-state index is 0.572. The number of pyridine rings is 1. The lowest BCUT2D eigenvalue weighted by Gasteiger charge is -2.25. The van der Waals surface area contributed by atoms with Crippen molar-refractivity contribution in [1.29, 1.82) is 0 Å². The number of methoxy groups -OCH3 is 1. The van der Waals surface area contributed by atoms with E-state index in [1.165, 1.54) is 5.56 Å². The van der Waals surface area contributed by atoms with Crippen LogP contribution in [0.15, 0.2) is 23.4 Å². The van der Waals surface area contributed by atoms with Crippen LogP contribution in [0.3, 0.4) is 0 Å². The van der Waals surface area contributed by atoms with Crippen LogP contribution >= 0.6 is 11.8 Å². The van der Waals surface area contributed by atoms with E-state index in [0.717, 1.165) is 37.9 Å². The van der Waals surface area contributed by atoms with Gasteiger partial charge in [0.1, 0.15) is 5.03 Å². The number of aromatic nitrogens is 1. The highest BCUT2D eigenvalue weighted by Crippen LogP contribution is 2.28. The number of thioether (sulfide) groups is 1. The lowest BCUT2D eigenvalue weighted by molar-refractivity contribution is 0.0454. The van der Waals surface area contributed by atoms with Gasteiger partial charge in [0.2, 0.25) is 0 Å². The van der Waals surface area contributed by atoms with Crippen LogP contribution in [-0.4, -0.2) is 43.7 Å². The minimum absolute atomic E-state index is 0.572. The minimum Gasteiger partial charge on any atom is -0.383 e. The zero-order valence-corrected chi connectivity index (χ0v) is 10.8. The molecule has 5 heteroatoms. The van der Waals surface area contributed by atoms with Gasteiger partial charge in [0, 0.05) is 26.4 Å². The summed E-state index contributed by atoms with van der Waals surface area (Å²) in [6.07, 6.45) is 1.85. The molecule has 1 aromatic heterocycles. The highest BCUT2D eigenvalue weighted by atomic mass is 32.2. The van der Waals surface area contributed by atoms with Crippen molar-refractivity contribution in [3.63, 3.8) is 0 Å². The Morgan fingerprint density at radius 1 is 1.59 bits per heavy atom. The van der Waals surface area contributed by atoms with Crippen molar-refractivity contribution in [2.24, 2.45) is 0 Å². The number of nitrogens with one attached hydrogen (secondary N) is 1. The first-order chi connectivity index (χ1) is 8.40. The molecule has 17 heavy (non-hydrogen) atoms. The summed E-state index contributed by atoms with van der Waals surface area (Å²) in [7, 11) is 1.71. The molecule has 4 nitrogen and oxygen atoms in total. The van der Waals surface area contributed by atoms with E-state index < -0.39 is 0 Å². The topological polar surface area (TPSA) is 43.4 Å². The van der Waals surface area contributed by atoms with Gasteiger partial charge in [0.15, 0.2) is 0 Å². The molecule has 2 heterocycles. The zero-order valence-electron chi connectivity index (χ0n) is 10.0. The largest absolute Gasteiger partial charge is 0.383 e. The summed E-state index contributed by atoms with van der Waals surface area (Å²) < 4.78 is 10.2. The second kappa shape index (κ2) is 6.96. The maximum absolute atomic E-state index is 5.18. The number of ether oxygens (including phenoxy) is 2. The maximum Gasteiger partial charge on any atom is 0.101 e. The van der Waals surface area contributed by atoms with Gasteiger partial charge in [-0.25, -0.2) is 4.98 Å². The Morgan fingerprint density at radius 2 is 2.47 bits per heavy atom. The van der Waals surface area contributed by atoms with Gasteiger partial charge in [-0.15, -0.1) is 0 Å². The molecule has 0 aromatic carbocycles. The number of nitrogens with zero attached hydrogens (tertiary/aromatic N) is 1. The third-order valence-electron chi connectivity index (χ3n) is 2.53. The van der Waals surface area contributed by atoms with Crippen molar-refractivity contribution in [3.8, 4) is 0 Å². The van der Waals surface area contributed by atoms with Gasteiger partial charge in [-0.3, -0.25) is 0 Å². The molecule has 0 unspecified atom stereocenters. The van der Waals surface area contributed by atoms with Crippen molar-refractivity contribution in [2.75, 3.05) is 33.5 Å². The Morgan fingerprint density at radius 3 is 3.18 bits per heavy atom. The summed E-state index contributed by atoms with van der Waals surface area (Å²) in [6, 6.07) is 4.10. The van der Waals surface area contributed by atoms with Crippen molar-refractivity contribution in [1.82, 2.24) is 10.3 Å². The van der Waals surface area contributed by atoms with Crippen LogP contribution in [0, 0.1) is 0 Å². The second-order valence-corrected chi connectivity index (χ2v) is 5.20. The molecule has 2 rings (SSSR count). The summed E-state index contributed by atoms with van der Waals surface area (Å²) in [5, 5.41) is 5.03. The SMILES string of the molecule is COCCNCc1cccnc1SC1COC1. The van der Waals surface area contributed by atoms with Crippen LogP contribution in [-0.2, 0) is 16.0 Å². The van der Waals surface area contributed by atoms with E-state index in [9.17, 15) is 0 Å². The molecular weight excluding hydrogens is 236 g/mol. The molecule has 1 aliphatic rings. The molecule has 94 valence electrons. The highest BCUT2D eigenvalue weighted by Gasteiger charge is 2.21. The first-order valence-electron chi connectivity index (χ1n) is 5.78. The third-order valence-corrected chi connectivity index (χ3v) is 3.73. The molecular formula is C12H18N2O2S. The summed E-state index contributed by atoms with van der Waals surface area (Å²) in [4.78, 5) is 4.44. The molecule has 1 fully saturated rings. The molecule has 0 bridgehead atoms. The Labute approximate surface area is 106 Å². The van der Waals surface area contributed by atoms with Crippen LogP contribution in [0.1, 0.15) is 5.56 Å². The van der Waals surface area contributed by atoms with Gasteiger partial charge >= 0.3 is 0 Å². The fraction of sp³-hybridized carbons (Fsp3) is 0.583. The van der Waals surface area contributed by atoms with Crippen LogP contribution < -0.4 is 5.32 Å². The van der Waals surface area contributed by atoms with Gasteiger partial charge in [-0.05, 0) is 11.6 Å². The van der Waals surface area contributed by atoms with Crippen LogP contribution in [0.5, 0.6) is 0 Å². The van der Waals surface area contributed by atoms with Crippen LogP contribution in [0.25, 0.3) is 0 Å². The molecule has 0 spiro atoms. The number of hydrogen-bond acceptors (Lipinski definition) is 5. The highest BCUT2D eigenvalue weighted by molar-refractivity contribution is 8.00. The second-order valence-electron chi connectivity index (χ2n) is 3.91. The first kappa shape index (κ1) is 12.8. The molecule has 0 atom stereocenters. The monoisotopic (exact) mass is 254 g/mol. The van der Waals surface area contributed by atoms with Gasteiger partial charge in [-0.1, -0.05) is 17.8 Å². The smallest absolute Gasteiger partial charge is 0.101 e. The molecule has 0 aliphatic carbocycles. The quantitative estimate of drug-likeness (QED) is 0.743. The molecule has 1 N–H and O–H groups in total. The van der Waals surface area contributed by atoms with Gasteiger partial charge < -0.3 is 14.8 Å². The standard InChI is InChI=1S/C12H18N2O2S/c1-15-6-5-13-7-10-3-2-4-14-12(10)17-11-8-16-9-11/h2-4,11,13H,5-9H2,1H3. The molecule has 1 aromatic rings. The lowest BCUT2D eigenvalue weighted by atomic mass is 10.3. The summed E-state index contributed by atoms with van der Waals surface area (Å²) in [6.45, 7) is 4.13. The summed E-state index contributed by atoms with van der Waals surface area (Å²) in [5.74, 6) is 0. The van der Waals surface area contributed by atoms with Crippen molar-refractivity contribution in [3.05, 3.63) is 23.9 Å². The predicted octanol–water partition coefficient (Wildman–Crippen LogP) is 1.31. The van der Waals surface area contributed by atoms with E-state index in [0.29, 0.717) is 5.25 Å². The van der Waals surface area contributed by atoms with E-state index in [2.05, 4.69) is 16.4 Å². The van der Waals surface area contributed by atoms with E-state index in [4.69, 9.17) is 9.47 Å². The van der Waals surface area contributed by atoms with Gasteiger partial charge in [0.05, 0.1) is 25.1 Å². The van der Waals surface area contributed by atoms with Crippen molar-refractivity contribution in [2.45, 2.75) is 16.8 Å². The van der Waals surface area contributed by atoms with E-state index in [1.54, 1.807) is 7.11 Å². The van der Waals surface area contributed by atoms with Crippen molar-refractivity contribution >= 4 is 11.8 Å². The van der Waals surface area contributed by atoms with E-state index in [1.807, 2.05) is 24.0 Å². The van der Waals surface area contributed by atoms with E-state index >= 15 is 0 Å². The Kier molecular flexibility index (Phi) is 5.25. The Hall–Kier alpha value is -0.620. The molecule has 1 aliphatic heterocycles. The van der Waals surface area contributed by atoms with Gasteiger partial charge in [-0.2, -0.15) is 0 Å². The normalized spacial score (nSPS) is 15.8. The first-order valence-corrected chi connectivity index (χ1v) is 6.66. The fourth-order valence-corrected chi connectivity index (χ4v) is 2.56. The van der Waals surface area contributed by atoms with Crippen molar-refractivity contribution < 1.29 is 9.47 Å². The lowest BCUT2D eigenvalue weighted by Crippen LogP contribution is -2.30.